The van der Waals surface area contributed by atoms with E-state index in [1.54, 1.807) is 24.4 Å². The van der Waals surface area contributed by atoms with Crippen molar-refractivity contribution in [1.82, 2.24) is 9.97 Å². The molecule has 1 aromatic carbocycles. The Morgan fingerprint density at radius 1 is 1.17 bits per heavy atom. The number of carbonyl (C=O) groups excluding carboxylic acids is 1. The van der Waals surface area contributed by atoms with Crippen LogP contribution in [0.5, 0.6) is 0 Å². The molecule has 1 aliphatic rings. The van der Waals surface area contributed by atoms with E-state index >= 15 is 0 Å². The van der Waals surface area contributed by atoms with Crippen LogP contribution in [0.4, 0.5) is 17.5 Å². The van der Waals surface area contributed by atoms with Crippen molar-refractivity contribution in [3.05, 3.63) is 42.1 Å². The summed E-state index contributed by atoms with van der Waals surface area (Å²) in [5.41, 5.74) is 1.15. The van der Waals surface area contributed by atoms with Gasteiger partial charge in [0.05, 0.1) is 18.4 Å². The maximum absolute atomic E-state index is 11.8. The van der Waals surface area contributed by atoms with E-state index in [4.69, 9.17) is 4.74 Å². The second-order valence-corrected chi connectivity index (χ2v) is 5.45. The topological polar surface area (TPSA) is 67.3 Å². The molecule has 1 N–H and O–H groups in total. The lowest BCUT2D eigenvalue weighted by Crippen LogP contribution is -2.31. The van der Waals surface area contributed by atoms with Gasteiger partial charge in [-0.1, -0.05) is 12.1 Å². The normalized spacial score (nSPS) is 14.4. The van der Waals surface area contributed by atoms with Crippen LogP contribution in [0.15, 0.2) is 36.5 Å². The summed E-state index contributed by atoms with van der Waals surface area (Å²) in [6, 6.07) is 9.01. The van der Waals surface area contributed by atoms with Gasteiger partial charge in [0.25, 0.3) is 0 Å². The fourth-order valence-electron chi connectivity index (χ4n) is 2.68. The van der Waals surface area contributed by atoms with E-state index in [-0.39, 0.29) is 5.97 Å². The minimum absolute atomic E-state index is 0.376. The molecule has 2 heterocycles. The Hall–Kier alpha value is -2.63. The minimum Gasteiger partial charge on any atom is -0.465 e. The van der Waals surface area contributed by atoms with Gasteiger partial charge in [-0.25, -0.2) is 9.78 Å². The first-order valence-corrected chi connectivity index (χ1v) is 7.80. The zero-order valence-corrected chi connectivity index (χ0v) is 13.2. The number of anilines is 3. The maximum Gasteiger partial charge on any atom is 0.339 e. The van der Waals surface area contributed by atoms with Crippen molar-refractivity contribution in [2.45, 2.75) is 19.3 Å². The number of methoxy groups -OCH3 is 1. The Morgan fingerprint density at radius 3 is 2.74 bits per heavy atom. The second-order valence-electron chi connectivity index (χ2n) is 5.45. The summed E-state index contributed by atoms with van der Waals surface area (Å²) in [6.07, 6.45) is 5.35. The average Bonchev–Trinajstić information content (AvgIpc) is 2.62. The van der Waals surface area contributed by atoms with Gasteiger partial charge in [0.1, 0.15) is 5.82 Å². The monoisotopic (exact) mass is 312 g/mol. The highest BCUT2D eigenvalue weighted by atomic mass is 16.5. The number of esters is 1. The molecule has 0 saturated carbocycles. The van der Waals surface area contributed by atoms with Crippen LogP contribution >= 0.6 is 0 Å². The van der Waals surface area contributed by atoms with E-state index in [0.717, 1.165) is 19.0 Å². The maximum atomic E-state index is 11.8. The van der Waals surface area contributed by atoms with Crippen molar-refractivity contribution < 1.29 is 9.53 Å². The van der Waals surface area contributed by atoms with Crippen LogP contribution < -0.4 is 10.2 Å². The Labute approximate surface area is 135 Å². The van der Waals surface area contributed by atoms with Crippen LogP contribution in [0.2, 0.25) is 0 Å². The van der Waals surface area contributed by atoms with Crippen LogP contribution in [-0.4, -0.2) is 36.1 Å². The zero-order valence-electron chi connectivity index (χ0n) is 13.2. The Balaban J connectivity index is 1.82. The van der Waals surface area contributed by atoms with E-state index in [1.807, 2.05) is 12.1 Å². The van der Waals surface area contributed by atoms with Crippen molar-refractivity contribution in [2.24, 2.45) is 0 Å². The van der Waals surface area contributed by atoms with Gasteiger partial charge in [0.15, 0.2) is 0 Å². The fraction of sp³-hybridized carbons (Fsp3) is 0.353. The molecule has 1 fully saturated rings. The molecule has 0 spiro atoms. The van der Waals surface area contributed by atoms with E-state index in [9.17, 15) is 4.79 Å². The number of nitrogens with zero attached hydrogens (tertiary/aromatic N) is 3. The highest BCUT2D eigenvalue weighted by molar-refractivity contribution is 5.96. The Bertz CT molecular complexity index is 684. The molecule has 120 valence electrons. The molecule has 0 atom stereocenters. The molecule has 6 nitrogen and oxygen atoms in total. The highest BCUT2D eigenvalue weighted by Gasteiger charge is 2.15. The molecule has 0 amide bonds. The molecule has 0 bridgehead atoms. The fourth-order valence-corrected chi connectivity index (χ4v) is 2.68. The number of hydrogen-bond donors (Lipinski definition) is 1. The third-order valence-electron chi connectivity index (χ3n) is 3.88. The summed E-state index contributed by atoms with van der Waals surface area (Å²) in [6.45, 7) is 1.98. The lowest BCUT2D eigenvalue weighted by atomic mass is 10.1. The van der Waals surface area contributed by atoms with Gasteiger partial charge < -0.3 is 15.0 Å². The van der Waals surface area contributed by atoms with Crippen LogP contribution in [0.25, 0.3) is 0 Å². The number of piperidine rings is 1. The smallest absolute Gasteiger partial charge is 0.339 e. The first-order valence-electron chi connectivity index (χ1n) is 7.80. The van der Waals surface area contributed by atoms with Gasteiger partial charge in [0.2, 0.25) is 5.95 Å². The van der Waals surface area contributed by atoms with Crippen molar-refractivity contribution >= 4 is 23.4 Å². The lowest BCUT2D eigenvalue weighted by molar-refractivity contribution is 0.0602. The summed E-state index contributed by atoms with van der Waals surface area (Å²) in [4.78, 5) is 23.0. The van der Waals surface area contributed by atoms with Gasteiger partial charge in [-0.15, -0.1) is 0 Å². The number of carbonyl (C=O) groups is 1. The van der Waals surface area contributed by atoms with Crippen molar-refractivity contribution in [1.29, 1.82) is 0 Å². The third-order valence-corrected chi connectivity index (χ3v) is 3.88. The SMILES string of the molecule is COC(=O)c1ccccc1Nc1ccnc(N2CCCCC2)n1. The second kappa shape index (κ2) is 7.09. The van der Waals surface area contributed by atoms with Crippen LogP contribution in [0, 0.1) is 0 Å². The quantitative estimate of drug-likeness (QED) is 0.875. The summed E-state index contributed by atoms with van der Waals surface area (Å²) in [5, 5.41) is 3.19. The van der Waals surface area contributed by atoms with Gasteiger partial charge in [-0.05, 0) is 37.5 Å². The zero-order chi connectivity index (χ0) is 16.1. The number of benzene rings is 1. The van der Waals surface area contributed by atoms with E-state index in [1.165, 1.54) is 26.4 Å². The van der Waals surface area contributed by atoms with Crippen molar-refractivity contribution in [2.75, 3.05) is 30.4 Å². The number of para-hydroxylation sites is 1. The predicted octanol–water partition coefficient (Wildman–Crippen LogP) is 3.00. The lowest BCUT2D eigenvalue weighted by Gasteiger charge is -2.26. The van der Waals surface area contributed by atoms with E-state index < -0.39 is 0 Å². The molecule has 0 aliphatic carbocycles. The summed E-state index contributed by atoms with van der Waals surface area (Å²) in [5.74, 6) is 1.01. The predicted molar refractivity (Wildman–Crippen MR) is 89.2 cm³/mol. The first kappa shape index (κ1) is 15.3. The molecule has 1 aromatic heterocycles. The molecule has 2 aromatic rings. The molecule has 0 unspecified atom stereocenters. The summed E-state index contributed by atoms with van der Waals surface area (Å²) < 4.78 is 4.81. The molecule has 3 rings (SSSR count). The summed E-state index contributed by atoms with van der Waals surface area (Å²) >= 11 is 0. The average molecular weight is 312 g/mol. The molecule has 23 heavy (non-hydrogen) atoms. The number of aromatic nitrogens is 2. The van der Waals surface area contributed by atoms with Crippen LogP contribution in [0.3, 0.4) is 0 Å². The van der Waals surface area contributed by atoms with Gasteiger partial charge >= 0.3 is 5.97 Å². The largest absolute Gasteiger partial charge is 0.465 e. The van der Waals surface area contributed by atoms with Crippen molar-refractivity contribution in [3.8, 4) is 0 Å². The molecule has 1 saturated heterocycles. The van der Waals surface area contributed by atoms with E-state index in [0.29, 0.717) is 17.1 Å². The molecular weight excluding hydrogens is 292 g/mol. The van der Waals surface area contributed by atoms with Crippen molar-refractivity contribution in [3.63, 3.8) is 0 Å². The first-order chi connectivity index (χ1) is 11.3. The van der Waals surface area contributed by atoms with Gasteiger partial charge in [-0.2, -0.15) is 4.98 Å². The van der Waals surface area contributed by atoms with Gasteiger partial charge in [-0.3, -0.25) is 0 Å². The van der Waals surface area contributed by atoms with E-state index in [2.05, 4.69) is 20.2 Å². The third kappa shape index (κ3) is 3.59. The molecule has 6 heteroatoms. The van der Waals surface area contributed by atoms with Crippen LogP contribution in [0.1, 0.15) is 29.6 Å². The number of nitrogens with one attached hydrogen (secondary N) is 1. The molecule has 1 aliphatic heterocycles. The Morgan fingerprint density at radius 2 is 1.96 bits per heavy atom. The number of hydrogen-bond acceptors (Lipinski definition) is 6. The number of rotatable bonds is 4. The number of ether oxygens (including phenoxy) is 1. The summed E-state index contributed by atoms with van der Waals surface area (Å²) in [7, 11) is 1.37. The van der Waals surface area contributed by atoms with Gasteiger partial charge in [0, 0.05) is 19.3 Å². The standard InChI is InChI=1S/C17H20N4O2/c1-23-16(22)13-7-3-4-8-14(13)19-15-9-10-18-17(20-15)21-11-5-2-6-12-21/h3-4,7-10H,2,5-6,11-12H2,1H3,(H,18,19,20). The Kier molecular flexibility index (Phi) is 4.71. The molecule has 0 radical (unpaired) electrons. The van der Waals surface area contributed by atoms with Crippen LogP contribution in [-0.2, 0) is 4.74 Å². The minimum atomic E-state index is -0.376. The molecular formula is C17H20N4O2. The highest BCUT2D eigenvalue weighted by Crippen LogP contribution is 2.22.